The van der Waals surface area contributed by atoms with E-state index in [9.17, 15) is 4.79 Å². The van der Waals surface area contributed by atoms with E-state index in [0.717, 1.165) is 16.6 Å². The summed E-state index contributed by atoms with van der Waals surface area (Å²) in [5, 5.41) is 6.71. The first-order valence-corrected chi connectivity index (χ1v) is 13.9. The zero-order chi connectivity index (χ0) is 28.6. The quantitative estimate of drug-likeness (QED) is 0.253. The predicted octanol–water partition coefficient (Wildman–Crippen LogP) is 6.90. The lowest BCUT2D eigenvalue weighted by Crippen LogP contribution is -2.41. The zero-order valence-electron chi connectivity index (χ0n) is 23.7. The minimum Gasteiger partial charge on any atom is -0.449 e. The van der Waals surface area contributed by atoms with Crippen molar-refractivity contribution in [3.63, 3.8) is 0 Å². The smallest absolute Gasteiger partial charge is 0.449 e. The number of nitrogens with zero attached hydrogens (tertiary/aromatic N) is 1. The van der Waals surface area contributed by atoms with Crippen LogP contribution in [0.2, 0.25) is 0 Å². The molecule has 0 saturated carbocycles. The number of benzene rings is 3. The van der Waals surface area contributed by atoms with E-state index >= 15 is 0 Å². The third kappa shape index (κ3) is 5.33. The van der Waals surface area contributed by atoms with Gasteiger partial charge in [0.1, 0.15) is 6.61 Å². The Bertz CT molecular complexity index is 1520. The molecule has 8 heteroatoms. The van der Waals surface area contributed by atoms with Crippen molar-refractivity contribution in [3.05, 3.63) is 107 Å². The molecule has 208 valence electrons. The maximum absolute atomic E-state index is 13.0. The molecular weight excluding hydrogens is 515 g/mol. The van der Waals surface area contributed by atoms with E-state index in [-0.39, 0.29) is 19.1 Å². The van der Waals surface area contributed by atoms with E-state index < -0.39 is 24.4 Å². The van der Waals surface area contributed by atoms with Crippen molar-refractivity contribution >= 4 is 19.3 Å². The largest absolute Gasteiger partial charge is 0.492 e. The lowest BCUT2D eigenvalue weighted by Gasteiger charge is -2.32. The van der Waals surface area contributed by atoms with Gasteiger partial charge in [-0.3, -0.25) is 0 Å². The molecule has 2 aliphatic rings. The van der Waals surface area contributed by atoms with Crippen LogP contribution in [0.3, 0.4) is 0 Å². The molecule has 2 heterocycles. The second kappa shape index (κ2) is 10.7. The van der Waals surface area contributed by atoms with Gasteiger partial charge in [0.2, 0.25) is 0 Å². The summed E-state index contributed by atoms with van der Waals surface area (Å²) >= 11 is 0. The Kier molecular flexibility index (Phi) is 7.05. The highest BCUT2D eigenvalue weighted by molar-refractivity contribution is 6.56. The molecule has 1 saturated heterocycles. The van der Waals surface area contributed by atoms with Crippen LogP contribution in [0.4, 0.5) is 4.79 Å². The second-order valence-corrected chi connectivity index (χ2v) is 11.5. The summed E-state index contributed by atoms with van der Waals surface area (Å²) in [5.74, 6) is 0.692. The summed E-state index contributed by atoms with van der Waals surface area (Å²) in [5.41, 5.74) is 6.34. The average Bonchev–Trinajstić information content (AvgIpc) is 3.66. The molecule has 6 rings (SSSR count). The third-order valence-electron chi connectivity index (χ3n) is 8.32. The molecule has 1 aromatic heterocycles. The average molecular weight is 548 g/mol. The standard InChI is InChI=1S/C33H33BN2O5/c1-32(2)33(3,4)41-34(40-32)24(19-22-13-15-23(16-14-22)30-17-18-36-39-30)20-35-31(37)38-21-29-27-11-7-5-9-25(27)26-10-6-8-12-28(26)29/h5-19,29H,20-21H2,1-4H3,(H,35,37). The van der Waals surface area contributed by atoms with Crippen LogP contribution in [0, 0.1) is 0 Å². The number of hydrogen-bond donors (Lipinski definition) is 1. The minimum atomic E-state index is -0.622. The summed E-state index contributed by atoms with van der Waals surface area (Å²) in [6.45, 7) is 8.49. The van der Waals surface area contributed by atoms with Gasteiger partial charge in [0.05, 0.1) is 17.4 Å². The summed E-state index contributed by atoms with van der Waals surface area (Å²) in [6, 6.07) is 26.3. The summed E-state index contributed by atoms with van der Waals surface area (Å²) < 4.78 is 23.7. The molecule has 1 aliphatic carbocycles. The molecule has 0 spiro atoms. The maximum atomic E-state index is 13.0. The van der Waals surface area contributed by atoms with Crippen molar-refractivity contribution in [2.24, 2.45) is 0 Å². The van der Waals surface area contributed by atoms with Crippen molar-refractivity contribution in [2.45, 2.75) is 44.8 Å². The number of fused-ring (bicyclic) bond motifs is 3. The third-order valence-corrected chi connectivity index (χ3v) is 8.32. The van der Waals surface area contributed by atoms with Crippen molar-refractivity contribution in [3.8, 4) is 22.5 Å². The molecule has 1 fully saturated rings. The molecule has 41 heavy (non-hydrogen) atoms. The molecule has 1 aliphatic heterocycles. The van der Waals surface area contributed by atoms with Gasteiger partial charge in [-0.15, -0.1) is 0 Å². The van der Waals surface area contributed by atoms with E-state index in [0.29, 0.717) is 5.76 Å². The van der Waals surface area contributed by atoms with Crippen LogP contribution >= 0.6 is 0 Å². The lowest BCUT2D eigenvalue weighted by atomic mass is 9.77. The van der Waals surface area contributed by atoms with E-state index in [4.69, 9.17) is 18.6 Å². The van der Waals surface area contributed by atoms with Gasteiger partial charge in [-0.05, 0) is 61.0 Å². The van der Waals surface area contributed by atoms with Crippen LogP contribution in [0.25, 0.3) is 28.5 Å². The van der Waals surface area contributed by atoms with Gasteiger partial charge in [-0.2, -0.15) is 0 Å². The van der Waals surface area contributed by atoms with E-state index in [1.807, 2.05) is 88.4 Å². The summed E-state index contributed by atoms with van der Waals surface area (Å²) in [4.78, 5) is 13.0. The number of hydrogen-bond acceptors (Lipinski definition) is 6. The van der Waals surface area contributed by atoms with Crippen molar-refractivity contribution in [1.82, 2.24) is 10.5 Å². The Labute approximate surface area is 240 Å². The normalized spacial score (nSPS) is 17.3. The molecule has 7 nitrogen and oxygen atoms in total. The van der Waals surface area contributed by atoms with E-state index in [2.05, 4.69) is 34.7 Å². The van der Waals surface area contributed by atoms with Gasteiger partial charge in [0, 0.05) is 24.1 Å². The van der Waals surface area contributed by atoms with Gasteiger partial charge in [-0.25, -0.2) is 4.79 Å². The van der Waals surface area contributed by atoms with Crippen LogP contribution in [-0.2, 0) is 14.0 Å². The Morgan fingerprint density at radius 1 is 0.902 bits per heavy atom. The number of rotatable bonds is 7. The van der Waals surface area contributed by atoms with Gasteiger partial charge in [0.25, 0.3) is 0 Å². The minimum absolute atomic E-state index is 0.00543. The van der Waals surface area contributed by atoms with Crippen molar-refractivity contribution in [2.75, 3.05) is 13.2 Å². The van der Waals surface area contributed by atoms with Gasteiger partial charge < -0.3 is 23.9 Å². The van der Waals surface area contributed by atoms with Crippen LogP contribution < -0.4 is 5.32 Å². The SMILES string of the molecule is CC1(C)OB(C(=Cc2ccc(-c3ccno3)cc2)CNC(=O)OCC2c3ccccc3-c3ccccc32)OC1(C)C. The predicted molar refractivity (Wildman–Crippen MR) is 159 cm³/mol. The fourth-order valence-corrected chi connectivity index (χ4v) is 5.34. The second-order valence-electron chi connectivity index (χ2n) is 11.5. The summed E-state index contributed by atoms with van der Waals surface area (Å²) in [6.07, 6.45) is 3.11. The fraction of sp³-hybridized carbons (Fsp3) is 0.273. The Balaban J connectivity index is 1.17. The van der Waals surface area contributed by atoms with Crippen LogP contribution in [0.15, 0.2) is 95.1 Å². The molecule has 0 radical (unpaired) electrons. The van der Waals surface area contributed by atoms with Crippen molar-refractivity contribution in [1.29, 1.82) is 0 Å². The molecule has 4 aromatic rings. The van der Waals surface area contributed by atoms with Gasteiger partial charge in [0.15, 0.2) is 5.76 Å². The first kappa shape index (κ1) is 27.1. The number of alkyl carbamates (subject to hydrolysis) is 1. The highest BCUT2D eigenvalue weighted by atomic mass is 16.7. The molecule has 0 unspecified atom stereocenters. The fourth-order valence-electron chi connectivity index (χ4n) is 5.34. The monoisotopic (exact) mass is 548 g/mol. The summed E-state index contributed by atoms with van der Waals surface area (Å²) in [7, 11) is -0.622. The highest BCUT2D eigenvalue weighted by Crippen LogP contribution is 2.44. The first-order chi connectivity index (χ1) is 19.7. The highest BCUT2D eigenvalue weighted by Gasteiger charge is 2.52. The number of carbonyl (C=O) groups excluding carboxylic acids is 1. The molecule has 0 bridgehead atoms. The van der Waals surface area contributed by atoms with Crippen molar-refractivity contribution < 1.29 is 23.4 Å². The van der Waals surface area contributed by atoms with E-state index in [1.54, 1.807) is 6.20 Å². The van der Waals surface area contributed by atoms with E-state index in [1.165, 1.54) is 22.3 Å². The Hall–Kier alpha value is -4.14. The number of ether oxygens (including phenoxy) is 1. The van der Waals surface area contributed by atoms with Gasteiger partial charge in [-0.1, -0.05) is 84.0 Å². The molecule has 3 aromatic carbocycles. The van der Waals surface area contributed by atoms with Crippen LogP contribution in [-0.4, -0.2) is 42.7 Å². The Morgan fingerprint density at radius 2 is 1.51 bits per heavy atom. The van der Waals surface area contributed by atoms with Gasteiger partial charge >= 0.3 is 13.2 Å². The Morgan fingerprint density at radius 3 is 2.10 bits per heavy atom. The number of amides is 1. The number of nitrogens with one attached hydrogen (secondary N) is 1. The molecule has 0 atom stereocenters. The topological polar surface area (TPSA) is 82.8 Å². The maximum Gasteiger partial charge on any atom is 0.492 e. The first-order valence-electron chi connectivity index (χ1n) is 13.9. The molecular formula is C33H33BN2O5. The number of carbonyl (C=O) groups is 1. The van der Waals surface area contributed by atoms with Crippen LogP contribution in [0.1, 0.15) is 50.3 Å². The number of aromatic nitrogens is 1. The molecule has 1 N–H and O–H groups in total. The lowest BCUT2D eigenvalue weighted by molar-refractivity contribution is 0.00578. The van der Waals surface area contributed by atoms with Crippen LogP contribution in [0.5, 0.6) is 0 Å². The zero-order valence-corrected chi connectivity index (χ0v) is 23.7. The molecule has 1 amide bonds.